The largest absolute Gasteiger partial charge is 0.476 e. The van der Waals surface area contributed by atoms with Crippen LogP contribution in [0.25, 0.3) is 22.3 Å². The van der Waals surface area contributed by atoms with Gasteiger partial charge in [0.2, 0.25) is 5.84 Å². The van der Waals surface area contributed by atoms with Crippen LogP contribution in [0.2, 0.25) is 5.15 Å². The first kappa shape index (κ1) is 23.6. The quantitative estimate of drug-likeness (QED) is 0.242. The van der Waals surface area contributed by atoms with Crippen molar-refractivity contribution in [1.29, 1.82) is 0 Å². The van der Waals surface area contributed by atoms with Crippen LogP contribution in [0.5, 0.6) is 0 Å². The van der Waals surface area contributed by atoms with Crippen LogP contribution in [0, 0.1) is 0 Å². The van der Waals surface area contributed by atoms with Gasteiger partial charge in [-0.05, 0) is 45.1 Å². The van der Waals surface area contributed by atoms with E-state index in [0.717, 1.165) is 39.4 Å². The molecule has 0 unspecified atom stereocenters. The van der Waals surface area contributed by atoms with Gasteiger partial charge in [-0.3, -0.25) is 5.43 Å². The molecule has 0 spiro atoms. The van der Waals surface area contributed by atoms with Gasteiger partial charge in [0.1, 0.15) is 17.2 Å². The van der Waals surface area contributed by atoms with Crippen molar-refractivity contribution in [2.75, 3.05) is 0 Å². The summed E-state index contributed by atoms with van der Waals surface area (Å²) in [6.45, 7) is 2.42. The van der Waals surface area contributed by atoms with Crippen molar-refractivity contribution in [2.45, 2.75) is 32.7 Å². The van der Waals surface area contributed by atoms with E-state index in [-0.39, 0.29) is 10.8 Å². The number of carboxylic acids is 1. The van der Waals surface area contributed by atoms with E-state index in [4.69, 9.17) is 16.0 Å². The number of benzene rings is 2. The molecule has 1 aliphatic heterocycles. The van der Waals surface area contributed by atoms with Crippen LogP contribution in [0.1, 0.15) is 47.2 Å². The highest BCUT2D eigenvalue weighted by Crippen LogP contribution is 2.39. The minimum Gasteiger partial charge on any atom is -0.476 e. The number of halogens is 2. The SMILES string of the molecule is CCCCc1nc(Cl)c(C(=O)O)n1Cc1ccc2oc(-c3ccccc3C3=N[NH2+]NN3)c(Br)c2c1. The van der Waals surface area contributed by atoms with Crippen LogP contribution in [-0.4, -0.2) is 26.5 Å². The summed E-state index contributed by atoms with van der Waals surface area (Å²) in [5.41, 5.74) is 10.9. The van der Waals surface area contributed by atoms with Crippen LogP contribution in [-0.2, 0) is 13.0 Å². The first-order valence-corrected chi connectivity index (χ1v) is 12.3. The molecule has 180 valence electrons. The lowest BCUT2D eigenvalue weighted by Crippen LogP contribution is -2.87. The highest BCUT2D eigenvalue weighted by Gasteiger charge is 2.24. The van der Waals surface area contributed by atoms with E-state index in [1.54, 1.807) is 10.1 Å². The molecule has 0 aliphatic carbocycles. The third-order valence-electron chi connectivity index (χ3n) is 5.87. The number of nitrogens with two attached hydrogens (primary N) is 1. The first-order valence-electron chi connectivity index (χ1n) is 11.2. The molecule has 9 nitrogen and oxygen atoms in total. The Balaban J connectivity index is 1.55. The molecule has 1 aliphatic rings. The Morgan fingerprint density at radius 3 is 2.77 bits per heavy atom. The number of furan rings is 1. The van der Waals surface area contributed by atoms with Gasteiger partial charge in [-0.25, -0.2) is 9.78 Å². The van der Waals surface area contributed by atoms with Gasteiger partial charge in [0, 0.05) is 29.5 Å². The zero-order valence-corrected chi connectivity index (χ0v) is 21.2. The number of fused-ring (bicyclic) bond motifs is 1. The van der Waals surface area contributed by atoms with E-state index in [2.05, 4.69) is 43.9 Å². The predicted octanol–water partition coefficient (Wildman–Crippen LogP) is 4.05. The van der Waals surface area contributed by atoms with Crippen molar-refractivity contribution < 1.29 is 19.9 Å². The van der Waals surface area contributed by atoms with Gasteiger partial charge in [0.05, 0.1) is 4.47 Å². The Morgan fingerprint density at radius 2 is 2.06 bits per heavy atom. The minimum absolute atomic E-state index is 0.00833. The number of nitrogens with zero attached hydrogens (tertiary/aromatic N) is 3. The number of rotatable bonds is 8. The molecule has 0 fully saturated rings. The molecule has 0 atom stereocenters. The zero-order chi connectivity index (χ0) is 24.5. The number of unbranched alkanes of at least 4 members (excludes halogenated alkanes) is 1. The normalized spacial score (nSPS) is 13.3. The molecule has 0 bridgehead atoms. The second-order valence-electron chi connectivity index (χ2n) is 8.16. The summed E-state index contributed by atoms with van der Waals surface area (Å²) in [6, 6.07) is 13.7. The number of imidazole rings is 1. The van der Waals surface area contributed by atoms with E-state index in [0.29, 0.717) is 36.0 Å². The van der Waals surface area contributed by atoms with Gasteiger partial charge >= 0.3 is 5.97 Å². The summed E-state index contributed by atoms with van der Waals surface area (Å²) >= 11 is 9.92. The molecule has 0 amide bonds. The van der Waals surface area contributed by atoms with E-state index in [1.165, 1.54) is 0 Å². The number of hydrazine groups is 1. The Kier molecular flexibility index (Phi) is 6.61. The molecule has 0 radical (unpaired) electrons. The van der Waals surface area contributed by atoms with Gasteiger partial charge in [-0.15, -0.1) is 5.53 Å². The van der Waals surface area contributed by atoms with Gasteiger partial charge < -0.3 is 14.1 Å². The average Bonchev–Trinajstić information content (AvgIpc) is 3.56. The fourth-order valence-corrected chi connectivity index (χ4v) is 5.07. The van der Waals surface area contributed by atoms with Crippen molar-refractivity contribution in [3.05, 3.63) is 74.7 Å². The molecular weight excluding hydrogens is 536 g/mol. The molecule has 35 heavy (non-hydrogen) atoms. The van der Waals surface area contributed by atoms with E-state index < -0.39 is 5.97 Å². The van der Waals surface area contributed by atoms with Crippen LogP contribution < -0.4 is 16.5 Å². The van der Waals surface area contributed by atoms with Crippen LogP contribution in [0.4, 0.5) is 0 Å². The van der Waals surface area contributed by atoms with Crippen molar-refractivity contribution in [2.24, 2.45) is 5.10 Å². The lowest BCUT2D eigenvalue weighted by molar-refractivity contribution is -0.713. The third-order valence-corrected chi connectivity index (χ3v) is 6.92. The number of aromatic nitrogens is 2. The van der Waals surface area contributed by atoms with Gasteiger partial charge in [-0.2, -0.15) is 0 Å². The van der Waals surface area contributed by atoms with Crippen LogP contribution in [0.3, 0.4) is 0 Å². The Labute approximate surface area is 214 Å². The smallest absolute Gasteiger partial charge is 0.355 e. The van der Waals surface area contributed by atoms with Gasteiger partial charge in [0.15, 0.2) is 10.8 Å². The molecule has 0 saturated heterocycles. The maximum Gasteiger partial charge on any atom is 0.355 e. The zero-order valence-electron chi connectivity index (χ0n) is 18.8. The fourth-order valence-electron chi connectivity index (χ4n) is 4.19. The first-order chi connectivity index (χ1) is 17.0. The topological polar surface area (TPSA) is 121 Å². The monoisotopic (exact) mass is 557 g/mol. The standard InChI is InChI=1S/C24H22BrClN6O3/c1-2-3-8-18-27-22(26)20(24(33)34)32(18)12-13-9-10-17-16(11-13)19(25)21(35-17)14-6-4-5-7-15(14)23-28-30-31-29-23/h4-7,9-11,30-31H,2-3,8,12H2,1H3,(H,28,29)(H,33,34)/p+1. The molecule has 2 aromatic heterocycles. The molecular formula is C24H23BrClN6O3+. The Hall–Kier alpha value is -3.18. The average molecular weight is 559 g/mol. The summed E-state index contributed by atoms with van der Waals surface area (Å²) < 4.78 is 8.74. The summed E-state index contributed by atoms with van der Waals surface area (Å²) in [7, 11) is 0. The van der Waals surface area contributed by atoms with Crippen molar-refractivity contribution >= 4 is 50.3 Å². The molecule has 5 N–H and O–H groups in total. The second kappa shape index (κ2) is 9.82. The number of aryl methyl sites for hydroxylation is 1. The maximum absolute atomic E-state index is 11.9. The number of nitrogens with one attached hydrogen (secondary N) is 2. The van der Waals surface area contributed by atoms with Crippen molar-refractivity contribution in [3.63, 3.8) is 0 Å². The third kappa shape index (κ3) is 4.45. The fraction of sp³-hybridized carbons (Fsp3) is 0.208. The highest BCUT2D eigenvalue weighted by molar-refractivity contribution is 9.10. The Morgan fingerprint density at radius 1 is 1.26 bits per heavy atom. The molecule has 4 aromatic rings. The molecule has 3 heterocycles. The number of amidine groups is 1. The number of carboxylic acid groups (broad SMARTS) is 1. The number of hydrogen-bond acceptors (Lipinski definition) is 6. The minimum atomic E-state index is -1.09. The summed E-state index contributed by atoms with van der Waals surface area (Å²) in [6.07, 6.45) is 2.53. The summed E-state index contributed by atoms with van der Waals surface area (Å²) in [5.74, 6) is 0.964. The summed E-state index contributed by atoms with van der Waals surface area (Å²) in [5, 5.41) is 15.0. The number of hydrogen-bond donors (Lipinski definition) is 4. The molecule has 5 rings (SSSR count). The second-order valence-corrected chi connectivity index (χ2v) is 9.31. The van der Waals surface area contributed by atoms with Gasteiger partial charge in [-0.1, -0.05) is 60.8 Å². The van der Waals surface area contributed by atoms with Crippen LogP contribution in [0.15, 0.2) is 56.5 Å². The molecule has 11 heteroatoms. The van der Waals surface area contributed by atoms with E-state index in [1.807, 2.05) is 42.5 Å². The van der Waals surface area contributed by atoms with Crippen LogP contribution >= 0.6 is 27.5 Å². The number of aromatic carboxylic acids is 1. The van der Waals surface area contributed by atoms with Crippen molar-refractivity contribution in [1.82, 2.24) is 20.5 Å². The Bertz CT molecular complexity index is 1460. The predicted molar refractivity (Wildman–Crippen MR) is 136 cm³/mol. The number of quaternary nitrogens is 1. The maximum atomic E-state index is 11.9. The lowest BCUT2D eigenvalue weighted by atomic mass is 10.0. The van der Waals surface area contributed by atoms with Crippen molar-refractivity contribution in [3.8, 4) is 11.3 Å². The van der Waals surface area contributed by atoms with Gasteiger partial charge in [0.25, 0.3) is 0 Å². The van der Waals surface area contributed by atoms with E-state index >= 15 is 0 Å². The van der Waals surface area contributed by atoms with E-state index in [9.17, 15) is 9.90 Å². The molecule has 0 saturated carbocycles. The number of carbonyl (C=O) groups is 1. The highest BCUT2D eigenvalue weighted by atomic mass is 79.9. The molecule has 2 aromatic carbocycles. The summed E-state index contributed by atoms with van der Waals surface area (Å²) in [4.78, 5) is 16.2. The lowest BCUT2D eigenvalue weighted by Gasteiger charge is -2.10.